The fourth-order valence-corrected chi connectivity index (χ4v) is 3.53. The Morgan fingerprint density at radius 3 is 1.23 bits per heavy atom. The zero-order valence-electron chi connectivity index (χ0n) is 21.4. The first-order valence-corrected chi connectivity index (χ1v) is 13.2. The van der Waals surface area contributed by atoms with Crippen molar-refractivity contribution in [2.45, 2.75) is 130 Å². The van der Waals surface area contributed by atoms with E-state index in [1.165, 1.54) is 89.9 Å². The van der Waals surface area contributed by atoms with Crippen molar-refractivity contribution >= 4 is 0 Å². The second kappa shape index (κ2) is 29.8. The summed E-state index contributed by atoms with van der Waals surface area (Å²) in [6.45, 7) is 10.9. The summed E-state index contributed by atoms with van der Waals surface area (Å²) in [5.41, 5.74) is 0. The molecule has 0 aromatic carbocycles. The molecular formula is C26H56O5. The van der Waals surface area contributed by atoms with Crippen molar-refractivity contribution in [2.75, 3.05) is 39.6 Å². The van der Waals surface area contributed by atoms with Gasteiger partial charge in [0.25, 0.3) is 0 Å². The van der Waals surface area contributed by atoms with E-state index in [0.717, 1.165) is 0 Å². The van der Waals surface area contributed by atoms with E-state index in [2.05, 4.69) is 27.7 Å². The van der Waals surface area contributed by atoms with Crippen LogP contribution in [-0.2, 0) is 14.2 Å². The molecule has 0 bridgehead atoms. The number of unbranched alkanes of at least 4 members (excludes halogenated alkanes) is 6. The highest BCUT2D eigenvalue weighted by Gasteiger charge is 2.15. The minimum atomic E-state index is 0.0417. The zero-order chi connectivity index (χ0) is 23.4. The fraction of sp³-hybridized carbons (Fsp3) is 1.00. The van der Waals surface area contributed by atoms with Gasteiger partial charge in [0.05, 0.1) is 51.8 Å². The maximum Gasteiger partial charge on any atom is 0.0701 e. The Bertz CT molecular complexity index is 274. The van der Waals surface area contributed by atoms with Crippen LogP contribution in [0.15, 0.2) is 0 Å². The van der Waals surface area contributed by atoms with E-state index < -0.39 is 0 Å². The fourth-order valence-electron chi connectivity index (χ4n) is 3.53. The van der Waals surface area contributed by atoms with Crippen molar-refractivity contribution in [2.24, 2.45) is 0 Å². The SMILES string of the molecule is CCCCCCC(CCC)OC(CCC)CCCCCC.OCCOCCOCCO. The second-order valence-corrected chi connectivity index (χ2v) is 8.33. The van der Waals surface area contributed by atoms with Gasteiger partial charge in [-0.15, -0.1) is 0 Å². The topological polar surface area (TPSA) is 68.2 Å². The third kappa shape index (κ3) is 27.8. The van der Waals surface area contributed by atoms with Crippen molar-refractivity contribution in [1.29, 1.82) is 0 Å². The highest BCUT2D eigenvalue weighted by molar-refractivity contribution is 4.65. The third-order valence-electron chi connectivity index (χ3n) is 5.21. The van der Waals surface area contributed by atoms with Gasteiger partial charge >= 0.3 is 0 Å². The average Bonchev–Trinajstić information content (AvgIpc) is 2.77. The van der Waals surface area contributed by atoms with Crippen LogP contribution in [0.5, 0.6) is 0 Å². The van der Waals surface area contributed by atoms with Crippen LogP contribution in [0.3, 0.4) is 0 Å². The molecule has 0 rings (SSSR count). The smallest absolute Gasteiger partial charge is 0.0701 e. The molecule has 2 atom stereocenters. The van der Waals surface area contributed by atoms with Crippen LogP contribution in [0, 0.1) is 0 Å². The summed E-state index contributed by atoms with van der Waals surface area (Å²) in [5, 5.41) is 16.5. The lowest BCUT2D eigenvalue weighted by Crippen LogP contribution is -2.22. The Kier molecular flexibility index (Phi) is 31.7. The molecule has 0 aromatic rings. The van der Waals surface area contributed by atoms with E-state index in [0.29, 0.717) is 38.6 Å². The number of hydrogen-bond acceptors (Lipinski definition) is 5. The van der Waals surface area contributed by atoms with Gasteiger partial charge in [-0.25, -0.2) is 0 Å². The quantitative estimate of drug-likeness (QED) is 0.180. The van der Waals surface area contributed by atoms with E-state index in [1.807, 2.05) is 0 Å². The van der Waals surface area contributed by atoms with Gasteiger partial charge in [0.2, 0.25) is 0 Å². The minimum Gasteiger partial charge on any atom is -0.394 e. The standard InChI is InChI=1S/C20H42O.C6H14O4/c1-5-9-11-13-17-19(15-7-3)21-20(16-8-4)18-14-12-10-6-2;7-1-3-9-5-6-10-4-2-8/h19-20H,5-18H2,1-4H3;7-8H,1-6H2. The molecule has 0 aliphatic heterocycles. The Labute approximate surface area is 194 Å². The Morgan fingerprint density at radius 1 is 0.484 bits per heavy atom. The van der Waals surface area contributed by atoms with E-state index in [-0.39, 0.29) is 13.2 Å². The van der Waals surface area contributed by atoms with E-state index in [4.69, 9.17) is 24.4 Å². The van der Waals surface area contributed by atoms with Crippen LogP contribution in [0.2, 0.25) is 0 Å². The van der Waals surface area contributed by atoms with Crippen LogP contribution < -0.4 is 0 Å². The molecule has 0 saturated heterocycles. The summed E-state index contributed by atoms with van der Waals surface area (Å²) in [6, 6.07) is 0. The summed E-state index contributed by atoms with van der Waals surface area (Å²) in [5.74, 6) is 0. The maximum atomic E-state index is 8.26. The number of aliphatic hydroxyl groups is 2. The lowest BCUT2D eigenvalue weighted by Gasteiger charge is -2.25. The van der Waals surface area contributed by atoms with Crippen molar-refractivity contribution in [1.82, 2.24) is 0 Å². The third-order valence-corrected chi connectivity index (χ3v) is 5.21. The average molecular weight is 449 g/mol. The summed E-state index contributed by atoms with van der Waals surface area (Å²) in [7, 11) is 0. The molecule has 2 unspecified atom stereocenters. The van der Waals surface area contributed by atoms with E-state index >= 15 is 0 Å². The molecule has 0 radical (unpaired) electrons. The van der Waals surface area contributed by atoms with E-state index in [9.17, 15) is 0 Å². The largest absolute Gasteiger partial charge is 0.394 e. The molecule has 0 spiro atoms. The molecule has 0 aromatic heterocycles. The number of ether oxygens (including phenoxy) is 3. The first kappa shape index (κ1) is 33.0. The lowest BCUT2D eigenvalue weighted by atomic mass is 10.0. The van der Waals surface area contributed by atoms with Gasteiger partial charge in [0, 0.05) is 0 Å². The van der Waals surface area contributed by atoms with Crippen LogP contribution in [0.4, 0.5) is 0 Å². The molecule has 5 heteroatoms. The van der Waals surface area contributed by atoms with Gasteiger partial charge in [-0.2, -0.15) is 0 Å². The minimum absolute atomic E-state index is 0.0417. The summed E-state index contributed by atoms with van der Waals surface area (Å²) < 4.78 is 16.2. The molecule has 0 amide bonds. The number of hydrogen-bond donors (Lipinski definition) is 2. The predicted octanol–water partition coefficient (Wildman–Crippen LogP) is 6.29. The van der Waals surface area contributed by atoms with Crippen molar-refractivity contribution in [3.05, 3.63) is 0 Å². The van der Waals surface area contributed by atoms with Gasteiger partial charge in [0.1, 0.15) is 0 Å². The first-order chi connectivity index (χ1) is 15.2. The molecule has 0 saturated carbocycles. The second-order valence-electron chi connectivity index (χ2n) is 8.33. The first-order valence-electron chi connectivity index (χ1n) is 13.2. The lowest BCUT2D eigenvalue weighted by molar-refractivity contribution is -0.0308. The van der Waals surface area contributed by atoms with Crippen molar-refractivity contribution in [3.8, 4) is 0 Å². The van der Waals surface area contributed by atoms with Crippen LogP contribution >= 0.6 is 0 Å². The van der Waals surface area contributed by atoms with Gasteiger partial charge in [0.15, 0.2) is 0 Å². The molecular weight excluding hydrogens is 392 g/mol. The normalized spacial score (nSPS) is 13.0. The van der Waals surface area contributed by atoms with E-state index in [1.54, 1.807) is 0 Å². The molecule has 0 aliphatic carbocycles. The van der Waals surface area contributed by atoms with Gasteiger partial charge in [-0.1, -0.05) is 91.9 Å². The monoisotopic (exact) mass is 448 g/mol. The molecule has 2 N–H and O–H groups in total. The number of rotatable bonds is 23. The van der Waals surface area contributed by atoms with Crippen LogP contribution in [0.25, 0.3) is 0 Å². The Hall–Kier alpha value is -0.200. The Balaban J connectivity index is 0. The van der Waals surface area contributed by atoms with Gasteiger partial charge in [-0.05, 0) is 25.7 Å². The molecule has 0 fully saturated rings. The van der Waals surface area contributed by atoms with Crippen LogP contribution in [0.1, 0.15) is 118 Å². The highest BCUT2D eigenvalue weighted by Crippen LogP contribution is 2.20. The summed E-state index contributed by atoms with van der Waals surface area (Å²) in [6.07, 6.45) is 19.5. The molecule has 190 valence electrons. The molecule has 0 aliphatic rings. The molecule has 5 nitrogen and oxygen atoms in total. The predicted molar refractivity (Wildman–Crippen MR) is 132 cm³/mol. The van der Waals surface area contributed by atoms with Gasteiger partial charge < -0.3 is 24.4 Å². The maximum absolute atomic E-state index is 8.26. The van der Waals surface area contributed by atoms with Crippen molar-refractivity contribution < 1.29 is 24.4 Å². The van der Waals surface area contributed by atoms with Crippen LogP contribution in [-0.4, -0.2) is 62.1 Å². The summed E-state index contributed by atoms with van der Waals surface area (Å²) in [4.78, 5) is 0. The molecule has 31 heavy (non-hydrogen) atoms. The zero-order valence-corrected chi connectivity index (χ0v) is 21.4. The van der Waals surface area contributed by atoms with Crippen molar-refractivity contribution in [3.63, 3.8) is 0 Å². The molecule has 0 heterocycles. The van der Waals surface area contributed by atoms with Gasteiger partial charge in [-0.3, -0.25) is 0 Å². The summed E-state index contributed by atoms with van der Waals surface area (Å²) >= 11 is 0. The number of aliphatic hydroxyl groups excluding tert-OH is 2. The Morgan fingerprint density at radius 2 is 0.903 bits per heavy atom. The highest BCUT2D eigenvalue weighted by atomic mass is 16.5.